The molecule has 0 aromatic heterocycles. The zero-order chi connectivity index (χ0) is 14.0. The molecule has 0 N–H and O–H groups in total. The highest BCUT2D eigenvalue weighted by Crippen LogP contribution is 2.24. The molecular formula is C15H11BrClFO. The molecule has 0 radical (unpaired) electrons. The second-order valence-electron chi connectivity index (χ2n) is 4.30. The lowest BCUT2D eigenvalue weighted by Crippen LogP contribution is -2.05. The average Bonchev–Trinajstić information content (AvgIpc) is 2.34. The number of ketones is 1. The lowest BCUT2D eigenvalue weighted by molar-refractivity contribution is 0.0993. The quantitative estimate of drug-likeness (QED) is 0.720. The molecule has 0 aliphatic heterocycles. The Morgan fingerprint density at radius 2 is 2.05 bits per heavy atom. The molecule has 2 rings (SSSR count). The van der Waals surface area contributed by atoms with Crippen LogP contribution in [-0.4, -0.2) is 5.78 Å². The van der Waals surface area contributed by atoms with Crippen LogP contribution in [0.25, 0.3) is 0 Å². The van der Waals surface area contributed by atoms with Crippen molar-refractivity contribution >= 4 is 33.3 Å². The molecule has 98 valence electrons. The fraction of sp³-hybridized carbons (Fsp3) is 0.133. The number of Topliss-reactive ketones (excluding diaryl/α,β-unsaturated/α-hetero) is 1. The molecule has 4 heteroatoms. The normalized spacial score (nSPS) is 10.5. The van der Waals surface area contributed by atoms with Gasteiger partial charge in [-0.25, -0.2) is 4.39 Å². The molecular weight excluding hydrogens is 331 g/mol. The molecule has 0 heterocycles. The van der Waals surface area contributed by atoms with Crippen LogP contribution in [0.4, 0.5) is 4.39 Å². The number of rotatable bonds is 3. The van der Waals surface area contributed by atoms with E-state index < -0.39 is 0 Å². The highest BCUT2D eigenvalue weighted by molar-refractivity contribution is 9.10. The summed E-state index contributed by atoms with van der Waals surface area (Å²) in [5.74, 6) is -0.503. The van der Waals surface area contributed by atoms with Crippen molar-refractivity contribution in [3.8, 4) is 0 Å². The highest BCUT2D eigenvalue weighted by atomic mass is 79.9. The molecule has 19 heavy (non-hydrogen) atoms. The van der Waals surface area contributed by atoms with E-state index in [1.165, 1.54) is 6.07 Å². The van der Waals surface area contributed by atoms with Gasteiger partial charge in [0.05, 0.1) is 9.50 Å². The van der Waals surface area contributed by atoms with Gasteiger partial charge < -0.3 is 0 Å². The van der Waals surface area contributed by atoms with Gasteiger partial charge in [0, 0.05) is 12.0 Å². The third-order valence-corrected chi connectivity index (χ3v) is 4.01. The third kappa shape index (κ3) is 3.23. The minimum Gasteiger partial charge on any atom is -0.294 e. The highest BCUT2D eigenvalue weighted by Gasteiger charge is 2.14. The molecule has 0 amide bonds. The van der Waals surface area contributed by atoms with Gasteiger partial charge in [0.25, 0.3) is 0 Å². The first-order valence-corrected chi connectivity index (χ1v) is 6.88. The lowest BCUT2D eigenvalue weighted by atomic mass is 10.0. The fourth-order valence-corrected chi connectivity index (χ4v) is 2.54. The predicted octanol–water partition coefficient (Wildman–Crippen LogP) is 4.98. The Balaban J connectivity index is 2.28. The van der Waals surface area contributed by atoms with E-state index in [9.17, 15) is 9.18 Å². The number of hydrogen-bond acceptors (Lipinski definition) is 1. The topological polar surface area (TPSA) is 17.1 Å². The first-order valence-electron chi connectivity index (χ1n) is 5.71. The van der Waals surface area contributed by atoms with Crippen LogP contribution in [0.5, 0.6) is 0 Å². The maximum Gasteiger partial charge on any atom is 0.168 e. The van der Waals surface area contributed by atoms with Crippen LogP contribution in [0.15, 0.2) is 40.9 Å². The van der Waals surface area contributed by atoms with Crippen molar-refractivity contribution in [1.82, 2.24) is 0 Å². The summed E-state index contributed by atoms with van der Waals surface area (Å²) in [5, 5.41) is 0.428. The summed E-state index contributed by atoms with van der Waals surface area (Å²) < 4.78 is 13.7. The van der Waals surface area contributed by atoms with Crippen molar-refractivity contribution in [2.24, 2.45) is 0 Å². The van der Waals surface area contributed by atoms with E-state index in [-0.39, 0.29) is 18.0 Å². The molecule has 0 atom stereocenters. The molecule has 0 aliphatic rings. The van der Waals surface area contributed by atoms with E-state index in [1.807, 2.05) is 13.0 Å². The third-order valence-electron chi connectivity index (χ3n) is 2.81. The summed E-state index contributed by atoms with van der Waals surface area (Å²) >= 11 is 9.21. The zero-order valence-electron chi connectivity index (χ0n) is 10.2. The number of aryl methyl sites for hydroxylation is 1. The molecule has 1 nitrogen and oxygen atoms in total. The van der Waals surface area contributed by atoms with Crippen LogP contribution in [0.2, 0.25) is 5.02 Å². The molecule has 2 aromatic rings. The van der Waals surface area contributed by atoms with Crippen LogP contribution < -0.4 is 0 Å². The summed E-state index contributed by atoms with van der Waals surface area (Å²) in [4.78, 5) is 12.2. The van der Waals surface area contributed by atoms with Crippen LogP contribution in [0.1, 0.15) is 21.5 Å². The Kier molecular flexibility index (Phi) is 4.38. The van der Waals surface area contributed by atoms with E-state index in [1.54, 1.807) is 24.3 Å². The van der Waals surface area contributed by atoms with E-state index in [4.69, 9.17) is 11.6 Å². The Morgan fingerprint density at radius 1 is 1.32 bits per heavy atom. The van der Waals surface area contributed by atoms with E-state index >= 15 is 0 Å². The number of benzene rings is 2. The van der Waals surface area contributed by atoms with Gasteiger partial charge in [0.15, 0.2) is 5.78 Å². The van der Waals surface area contributed by atoms with Gasteiger partial charge in [-0.15, -0.1) is 0 Å². The minimum atomic E-state index is -0.375. The van der Waals surface area contributed by atoms with Crippen molar-refractivity contribution in [3.05, 3.63) is 68.4 Å². The van der Waals surface area contributed by atoms with Gasteiger partial charge in [0.2, 0.25) is 0 Å². The number of hydrogen-bond donors (Lipinski definition) is 0. The largest absolute Gasteiger partial charge is 0.294 e. The Hall–Kier alpha value is -1.19. The minimum absolute atomic E-state index is 0.112. The van der Waals surface area contributed by atoms with Crippen LogP contribution in [-0.2, 0) is 6.42 Å². The number of halogens is 3. The van der Waals surface area contributed by atoms with Gasteiger partial charge in [0.1, 0.15) is 5.82 Å². The second-order valence-corrected chi connectivity index (χ2v) is 5.50. The first kappa shape index (κ1) is 14.2. The number of carbonyl (C=O) groups excluding carboxylic acids is 1. The van der Waals surface area contributed by atoms with Gasteiger partial charge in [-0.05, 0) is 52.2 Å². The lowest BCUT2D eigenvalue weighted by Gasteiger charge is -2.07. The average molecular weight is 342 g/mol. The predicted molar refractivity (Wildman–Crippen MR) is 78.3 cm³/mol. The van der Waals surface area contributed by atoms with Crippen molar-refractivity contribution in [2.75, 3.05) is 0 Å². The molecule has 0 fully saturated rings. The summed E-state index contributed by atoms with van der Waals surface area (Å²) in [6.07, 6.45) is 0.112. The van der Waals surface area contributed by atoms with Crippen molar-refractivity contribution in [3.63, 3.8) is 0 Å². The summed E-state index contributed by atoms with van der Waals surface area (Å²) in [6, 6.07) is 9.92. The molecule has 2 aromatic carbocycles. The molecule has 0 bridgehead atoms. The SMILES string of the molecule is Cc1ccc(C(=O)Cc2cccc(F)c2Br)c(Cl)c1. The van der Waals surface area contributed by atoms with Gasteiger partial charge in [-0.2, -0.15) is 0 Å². The summed E-state index contributed by atoms with van der Waals surface area (Å²) in [6.45, 7) is 1.91. The standard InChI is InChI=1S/C15H11BrClFO/c1-9-5-6-11(12(17)7-9)14(19)8-10-3-2-4-13(18)15(10)16/h2-7H,8H2,1H3. The van der Waals surface area contributed by atoms with Gasteiger partial charge >= 0.3 is 0 Å². The summed E-state index contributed by atoms with van der Waals surface area (Å²) in [7, 11) is 0. The molecule has 0 unspecified atom stereocenters. The van der Waals surface area contributed by atoms with Crippen molar-refractivity contribution < 1.29 is 9.18 Å². The molecule has 0 saturated carbocycles. The maximum absolute atomic E-state index is 13.4. The molecule has 0 spiro atoms. The van der Waals surface area contributed by atoms with E-state index in [0.29, 0.717) is 20.6 Å². The van der Waals surface area contributed by atoms with E-state index in [2.05, 4.69) is 15.9 Å². The second kappa shape index (κ2) is 5.85. The Labute approximate surface area is 124 Å². The van der Waals surface area contributed by atoms with Gasteiger partial charge in [-0.3, -0.25) is 4.79 Å². The molecule has 0 aliphatic carbocycles. The monoisotopic (exact) mass is 340 g/mol. The van der Waals surface area contributed by atoms with Crippen molar-refractivity contribution in [2.45, 2.75) is 13.3 Å². The first-order chi connectivity index (χ1) is 8.99. The summed E-state index contributed by atoms with van der Waals surface area (Å²) in [5.41, 5.74) is 2.07. The maximum atomic E-state index is 13.4. The van der Waals surface area contributed by atoms with Gasteiger partial charge in [-0.1, -0.05) is 29.8 Å². The van der Waals surface area contributed by atoms with E-state index in [0.717, 1.165) is 5.56 Å². The fourth-order valence-electron chi connectivity index (χ4n) is 1.80. The smallest absolute Gasteiger partial charge is 0.168 e. The zero-order valence-corrected chi connectivity index (χ0v) is 12.6. The number of carbonyl (C=O) groups is 1. The molecule has 0 saturated heterocycles. The Bertz CT molecular complexity index is 640. The van der Waals surface area contributed by atoms with Crippen LogP contribution in [0.3, 0.4) is 0 Å². The Morgan fingerprint density at radius 3 is 2.74 bits per heavy atom. The van der Waals surface area contributed by atoms with Crippen molar-refractivity contribution in [1.29, 1.82) is 0 Å². The van der Waals surface area contributed by atoms with Crippen LogP contribution >= 0.6 is 27.5 Å². The van der Waals surface area contributed by atoms with Crippen LogP contribution in [0, 0.1) is 12.7 Å².